The van der Waals surface area contributed by atoms with Crippen LogP contribution in [0.15, 0.2) is 54.6 Å². The maximum Gasteiger partial charge on any atom is 0.322 e. The predicted molar refractivity (Wildman–Crippen MR) is 104 cm³/mol. The smallest absolute Gasteiger partial charge is 0.322 e. The van der Waals surface area contributed by atoms with Gasteiger partial charge in [0.15, 0.2) is 0 Å². The highest BCUT2D eigenvalue weighted by molar-refractivity contribution is 5.96. The van der Waals surface area contributed by atoms with Gasteiger partial charge in [0.05, 0.1) is 18.7 Å². The van der Waals surface area contributed by atoms with E-state index >= 15 is 0 Å². The Hall–Kier alpha value is -2.86. The number of likely N-dealkylation sites (tertiary alicyclic amines) is 1. The maximum absolute atomic E-state index is 12.9. The lowest BCUT2D eigenvalue weighted by Gasteiger charge is -2.58. The van der Waals surface area contributed by atoms with E-state index in [1.165, 1.54) is 0 Å². The highest BCUT2D eigenvalue weighted by atomic mass is 16.3. The molecule has 6 nitrogen and oxygen atoms in total. The molecule has 6 heteroatoms. The van der Waals surface area contributed by atoms with Crippen LogP contribution in [0.5, 0.6) is 0 Å². The number of carbonyl (C=O) groups excluding carboxylic acids is 2. The van der Waals surface area contributed by atoms with Crippen molar-refractivity contribution in [1.29, 1.82) is 0 Å². The molecule has 0 aromatic heterocycles. The Morgan fingerprint density at radius 2 is 1.81 bits per heavy atom. The summed E-state index contributed by atoms with van der Waals surface area (Å²) in [6.07, 6.45) is 0.408. The number of nitrogens with one attached hydrogen (secondary N) is 1. The van der Waals surface area contributed by atoms with Gasteiger partial charge in [-0.15, -0.1) is 0 Å². The highest BCUT2D eigenvalue weighted by Crippen LogP contribution is 2.48. The molecule has 2 aromatic rings. The zero-order valence-electron chi connectivity index (χ0n) is 15.2. The molecule has 2 aliphatic rings. The number of anilines is 2. The van der Waals surface area contributed by atoms with E-state index < -0.39 is 0 Å². The number of fused-ring (bicyclic) bond motifs is 3. The van der Waals surface area contributed by atoms with Crippen LogP contribution in [0.4, 0.5) is 16.2 Å². The summed E-state index contributed by atoms with van der Waals surface area (Å²) in [4.78, 5) is 28.8. The second-order valence-electron chi connectivity index (χ2n) is 6.96. The summed E-state index contributed by atoms with van der Waals surface area (Å²) in [5.74, 6) is 0.0744. The Morgan fingerprint density at radius 1 is 1.11 bits per heavy atom. The molecule has 0 saturated carbocycles. The molecule has 2 aliphatic heterocycles. The van der Waals surface area contributed by atoms with E-state index in [0.29, 0.717) is 18.7 Å². The van der Waals surface area contributed by atoms with E-state index in [1.54, 1.807) is 9.80 Å². The van der Waals surface area contributed by atoms with Gasteiger partial charge in [-0.1, -0.05) is 43.3 Å². The first-order valence-corrected chi connectivity index (χ1v) is 9.30. The SMILES string of the molecule is CCC(=O)N1C[C@H]2[C@@H](c3ccccc31)[C@@H](CO)N2C(=O)Nc1ccccc1. The number of rotatable bonds is 3. The third-order valence-corrected chi connectivity index (χ3v) is 5.55. The standard InChI is InChI=1S/C21H23N3O3/c1-2-19(26)23-12-17-20(15-10-6-7-11-16(15)23)18(13-25)24(17)21(27)22-14-8-4-3-5-9-14/h3-11,17-18,20,25H,2,12-13H2,1H3,(H,22,27)/t17-,18+,20+/m0/s1. The fourth-order valence-corrected chi connectivity index (χ4v) is 4.30. The number of nitrogens with zero attached hydrogens (tertiary/aromatic N) is 2. The van der Waals surface area contributed by atoms with E-state index in [9.17, 15) is 14.7 Å². The summed E-state index contributed by atoms with van der Waals surface area (Å²) in [6.45, 7) is 2.18. The van der Waals surface area contributed by atoms with Crippen LogP contribution in [0.1, 0.15) is 24.8 Å². The lowest BCUT2D eigenvalue weighted by molar-refractivity contribution is -0.119. The molecule has 1 saturated heterocycles. The van der Waals surface area contributed by atoms with Crippen LogP contribution in [-0.2, 0) is 4.79 Å². The molecular weight excluding hydrogens is 342 g/mol. The molecule has 2 heterocycles. The van der Waals surface area contributed by atoms with Gasteiger partial charge in [0.25, 0.3) is 0 Å². The lowest BCUT2D eigenvalue weighted by Crippen LogP contribution is -2.71. The molecule has 2 aromatic carbocycles. The minimum Gasteiger partial charge on any atom is -0.394 e. The molecule has 27 heavy (non-hydrogen) atoms. The summed E-state index contributed by atoms with van der Waals surface area (Å²) >= 11 is 0. The van der Waals surface area contributed by atoms with Crippen molar-refractivity contribution < 1.29 is 14.7 Å². The van der Waals surface area contributed by atoms with Crippen molar-refractivity contribution in [2.45, 2.75) is 31.3 Å². The van der Waals surface area contributed by atoms with Crippen LogP contribution >= 0.6 is 0 Å². The number of amides is 3. The zero-order chi connectivity index (χ0) is 19.0. The summed E-state index contributed by atoms with van der Waals surface area (Å²) in [7, 11) is 0. The van der Waals surface area contributed by atoms with Crippen LogP contribution in [0.25, 0.3) is 0 Å². The number of urea groups is 1. The predicted octanol–water partition coefficient (Wildman–Crippen LogP) is 2.80. The molecule has 4 rings (SSSR count). The Balaban J connectivity index is 1.64. The van der Waals surface area contributed by atoms with Gasteiger partial charge < -0.3 is 20.2 Å². The highest BCUT2D eigenvalue weighted by Gasteiger charge is 2.55. The summed E-state index contributed by atoms with van der Waals surface area (Å²) in [5.41, 5.74) is 2.63. The van der Waals surface area contributed by atoms with Crippen LogP contribution in [0.3, 0.4) is 0 Å². The minimum atomic E-state index is -0.293. The summed E-state index contributed by atoms with van der Waals surface area (Å²) in [5, 5.41) is 12.9. The Morgan fingerprint density at radius 3 is 2.52 bits per heavy atom. The van der Waals surface area contributed by atoms with Crippen LogP contribution in [0, 0.1) is 0 Å². The quantitative estimate of drug-likeness (QED) is 0.878. The summed E-state index contributed by atoms with van der Waals surface area (Å²) in [6, 6.07) is 16.4. The van der Waals surface area contributed by atoms with Gasteiger partial charge >= 0.3 is 6.03 Å². The van der Waals surface area contributed by atoms with Gasteiger partial charge in [-0.3, -0.25) is 4.79 Å². The number of para-hydroxylation sites is 2. The molecule has 1 fully saturated rings. The average molecular weight is 365 g/mol. The van der Waals surface area contributed by atoms with Crippen molar-refractivity contribution in [2.75, 3.05) is 23.4 Å². The fraction of sp³-hybridized carbons (Fsp3) is 0.333. The normalized spacial score (nSPS) is 23.1. The van der Waals surface area contributed by atoms with Gasteiger partial charge in [0, 0.05) is 30.3 Å². The minimum absolute atomic E-state index is 0.0358. The first kappa shape index (κ1) is 17.5. The van der Waals surface area contributed by atoms with Crippen molar-refractivity contribution in [1.82, 2.24) is 4.90 Å². The maximum atomic E-state index is 12.9. The molecular formula is C21H23N3O3. The summed E-state index contributed by atoms with van der Waals surface area (Å²) < 4.78 is 0. The topological polar surface area (TPSA) is 72.9 Å². The van der Waals surface area contributed by atoms with Crippen molar-refractivity contribution in [2.24, 2.45) is 0 Å². The first-order valence-electron chi connectivity index (χ1n) is 9.30. The molecule has 0 unspecified atom stereocenters. The Bertz CT molecular complexity index is 855. The van der Waals surface area contributed by atoms with E-state index in [4.69, 9.17) is 0 Å². The van der Waals surface area contributed by atoms with Crippen LogP contribution < -0.4 is 10.2 Å². The number of hydrogen-bond acceptors (Lipinski definition) is 3. The van der Waals surface area contributed by atoms with Gasteiger partial charge in [-0.2, -0.15) is 0 Å². The molecule has 140 valence electrons. The molecule has 0 spiro atoms. The van der Waals surface area contributed by atoms with E-state index in [2.05, 4.69) is 5.32 Å². The second-order valence-corrected chi connectivity index (χ2v) is 6.96. The monoisotopic (exact) mass is 365 g/mol. The number of aliphatic hydroxyl groups excluding tert-OH is 1. The molecule has 3 amide bonds. The van der Waals surface area contributed by atoms with Gasteiger partial charge in [0.1, 0.15) is 0 Å². The van der Waals surface area contributed by atoms with E-state index in [1.807, 2.05) is 61.5 Å². The number of benzene rings is 2. The molecule has 2 N–H and O–H groups in total. The number of carbonyl (C=O) groups is 2. The van der Waals surface area contributed by atoms with Gasteiger partial charge in [-0.05, 0) is 23.8 Å². The Kier molecular flexibility index (Phi) is 4.58. The van der Waals surface area contributed by atoms with Gasteiger partial charge in [-0.25, -0.2) is 4.79 Å². The van der Waals surface area contributed by atoms with Crippen molar-refractivity contribution in [3.8, 4) is 0 Å². The van der Waals surface area contributed by atoms with Crippen molar-refractivity contribution in [3.63, 3.8) is 0 Å². The average Bonchev–Trinajstić information content (AvgIpc) is 2.68. The van der Waals surface area contributed by atoms with Crippen molar-refractivity contribution >= 4 is 23.3 Å². The molecule has 3 atom stereocenters. The van der Waals surface area contributed by atoms with E-state index in [-0.39, 0.29) is 36.5 Å². The largest absolute Gasteiger partial charge is 0.394 e. The van der Waals surface area contributed by atoms with Crippen LogP contribution in [0.2, 0.25) is 0 Å². The van der Waals surface area contributed by atoms with Crippen molar-refractivity contribution in [3.05, 3.63) is 60.2 Å². The fourth-order valence-electron chi connectivity index (χ4n) is 4.30. The van der Waals surface area contributed by atoms with E-state index in [0.717, 1.165) is 11.3 Å². The third kappa shape index (κ3) is 2.86. The lowest BCUT2D eigenvalue weighted by atomic mass is 9.72. The molecule has 0 bridgehead atoms. The number of aliphatic hydroxyl groups is 1. The molecule has 0 radical (unpaired) electrons. The number of hydrogen-bond donors (Lipinski definition) is 2. The zero-order valence-corrected chi connectivity index (χ0v) is 15.2. The molecule has 0 aliphatic carbocycles. The third-order valence-electron chi connectivity index (χ3n) is 5.55. The second kappa shape index (κ2) is 7.04. The first-order chi connectivity index (χ1) is 13.2. The Labute approximate surface area is 158 Å². The van der Waals surface area contributed by atoms with Crippen LogP contribution in [-0.4, -0.2) is 47.2 Å². The van der Waals surface area contributed by atoms with Gasteiger partial charge in [0.2, 0.25) is 5.91 Å².